The first-order valence-electron chi connectivity index (χ1n) is 8.09. The van der Waals surface area contributed by atoms with E-state index >= 15 is 0 Å². The van der Waals surface area contributed by atoms with Crippen LogP contribution < -0.4 is 0 Å². The molecule has 0 spiro atoms. The maximum atomic E-state index is 12.5. The van der Waals surface area contributed by atoms with Crippen LogP contribution in [-0.2, 0) is 14.3 Å². The van der Waals surface area contributed by atoms with E-state index in [0.29, 0.717) is 17.1 Å². The fourth-order valence-electron chi connectivity index (χ4n) is 2.94. The van der Waals surface area contributed by atoms with Crippen molar-refractivity contribution in [3.63, 3.8) is 0 Å². The van der Waals surface area contributed by atoms with Gasteiger partial charge in [-0.1, -0.05) is 0 Å². The zero-order valence-electron chi connectivity index (χ0n) is 14.7. The zero-order valence-corrected chi connectivity index (χ0v) is 16.3. The quantitative estimate of drug-likeness (QED) is 0.573. The predicted molar refractivity (Wildman–Crippen MR) is 99.3 cm³/mol. The van der Waals surface area contributed by atoms with Gasteiger partial charge in [-0.2, -0.15) is 0 Å². The number of hydrogen-bond acceptors (Lipinski definition) is 7. The Labute approximate surface area is 159 Å². The van der Waals surface area contributed by atoms with Gasteiger partial charge in [0.25, 0.3) is 0 Å². The lowest BCUT2D eigenvalue weighted by Crippen LogP contribution is -2.43. The van der Waals surface area contributed by atoms with Gasteiger partial charge in [0.15, 0.2) is 6.61 Å². The molecule has 3 heterocycles. The van der Waals surface area contributed by atoms with E-state index in [1.807, 2.05) is 13.8 Å². The lowest BCUT2D eigenvalue weighted by atomic mass is 10.2. The summed E-state index contributed by atoms with van der Waals surface area (Å²) in [6.07, 6.45) is 1.53. The van der Waals surface area contributed by atoms with Crippen LogP contribution in [0.1, 0.15) is 38.2 Å². The Hall–Kier alpha value is -2.06. The minimum atomic E-state index is -0.731. The monoisotopic (exact) mass is 393 g/mol. The molecule has 1 aliphatic heterocycles. The van der Waals surface area contributed by atoms with Gasteiger partial charge in [-0.05, 0) is 32.0 Å². The van der Waals surface area contributed by atoms with Gasteiger partial charge in [0, 0.05) is 28.0 Å². The van der Waals surface area contributed by atoms with Crippen LogP contribution in [0.15, 0.2) is 28.9 Å². The van der Waals surface area contributed by atoms with E-state index < -0.39 is 12.0 Å². The Morgan fingerprint density at radius 1 is 1.35 bits per heavy atom. The highest BCUT2D eigenvalue weighted by molar-refractivity contribution is 7.99. The average molecular weight is 393 g/mol. The molecule has 0 bridgehead atoms. The minimum Gasteiger partial charge on any atom is -0.466 e. The van der Waals surface area contributed by atoms with Crippen molar-refractivity contribution in [2.24, 2.45) is 0 Å². The Morgan fingerprint density at radius 2 is 2.12 bits per heavy atom. The topological polar surface area (TPSA) is 76.8 Å². The number of amides is 1. The van der Waals surface area contributed by atoms with Crippen molar-refractivity contribution in [2.45, 2.75) is 32.2 Å². The second-order valence-corrected chi connectivity index (χ2v) is 8.57. The lowest BCUT2D eigenvalue weighted by Gasteiger charge is -2.25. The third kappa shape index (κ3) is 3.71. The van der Waals surface area contributed by atoms with Crippen molar-refractivity contribution in [2.75, 3.05) is 12.4 Å². The van der Waals surface area contributed by atoms with E-state index in [9.17, 15) is 14.4 Å². The number of ether oxygens (including phenoxy) is 1. The molecule has 0 aliphatic carbocycles. The molecule has 138 valence electrons. The van der Waals surface area contributed by atoms with E-state index in [4.69, 9.17) is 9.15 Å². The van der Waals surface area contributed by atoms with Gasteiger partial charge < -0.3 is 14.1 Å². The van der Waals surface area contributed by atoms with Crippen molar-refractivity contribution in [3.8, 4) is 0 Å². The van der Waals surface area contributed by atoms with Gasteiger partial charge in [0.1, 0.15) is 17.2 Å². The van der Waals surface area contributed by atoms with Gasteiger partial charge in [-0.3, -0.25) is 9.59 Å². The number of rotatable bonds is 5. The summed E-state index contributed by atoms with van der Waals surface area (Å²) in [7, 11) is 0. The highest BCUT2D eigenvalue weighted by atomic mass is 32.2. The fraction of sp³-hybridized carbons (Fsp3) is 0.389. The molecule has 2 atom stereocenters. The Morgan fingerprint density at radius 3 is 2.69 bits per heavy atom. The number of aryl methyl sites for hydroxylation is 2. The molecule has 1 fully saturated rings. The number of carbonyl (C=O) groups excluding carboxylic acids is 3. The van der Waals surface area contributed by atoms with Crippen LogP contribution in [0.3, 0.4) is 0 Å². The number of nitrogens with zero attached hydrogens (tertiary/aromatic N) is 1. The lowest BCUT2D eigenvalue weighted by molar-refractivity contribution is -0.152. The molecule has 1 aliphatic rings. The second kappa shape index (κ2) is 7.67. The molecule has 1 amide bonds. The third-order valence-corrected chi connectivity index (χ3v) is 6.36. The van der Waals surface area contributed by atoms with Gasteiger partial charge in [-0.15, -0.1) is 23.1 Å². The molecule has 0 unspecified atom stereocenters. The second-order valence-electron chi connectivity index (χ2n) is 6.00. The molecule has 1 saturated heterocycles. The molecule has 2 aromatic rings. The third-order valence-electron chi connectivity index (χ3n) is 4.11. The molecule has 8 heteroatoms. The molecule has 26 heavy (non-hydrogen) atoms. The number of carbonyl (C=O) groups is 3. The molecule has 2 aromatic heterocycles. The molecule has 0 N–H and O–H groups in total. The molecule has 0 saturated carbocycles. The number of hydrogen-bond donors (Lipinski definition) is 0. The van der Waals surface area contributed by atoms with Crippen molar-refractivity contribution in [1.29, 1.82) is 0 Å². The highest BCUT2D eigenvalue weighted by Crippen LogP contribution is 2.41. The molecular weight excluding hydrogens is 374 g/mol. The zero-order chi connectivity index (χ0) is 18.8. The number of thioether (sulfide) groups is 1. The van der Waals surface area contributed by atoms with Gasteiger partial charge in [0.2, 0.25) is 11.7 Å². The van der Waals surface area contributed by atoms with Gasteiger partial charge >= 0.3 is 5.97 Å². The first-order chi connectivity index (χ1) is 12.4. The van der Waals surface area contributed by atoms with Gasteiger partial charge in [0.05, 0.1) is 6.26 Å². The largest absolute Gasteiger partial charge is 0.466 e. The summed E-state index contributed by atoms with van der Waals surface area (Å²) in [6, 6.07) is 4.58. The predicted octanol–water partition coefficient (Wildman–Crippen LogP) is 3.35. The Balaban J connectivity index is 1.66. The van der Waals surface area contributed by atoms with Crippen LogP contribution in [0, 0.1) is 13.8 Å². The van der Waals surface area contributed by atoms with E-state index in [-0.39, 0.29) is 23.7 Å². The van der Waals surface area contributed by atoms with E-state index in [0.717, 1.165) is 9.75 Å². The number of Topliss-reactive ketones (excluding diaryl/α,β-unsaturated/α-hetero) is 1. The van der Waals surface area contributed by atoms with Crippen molar-refractivity contribution >= 4 is 40.8 Å². The van der Waals surface area contributed by atoms with E-state index in [1.165, 1.54) is 41.2 Å². The average Bonchev–Trinajstić information content (AvgIpc) is 3.30. The van der Waals surface area contributed by atoms with Crippen LogP contribution in [0.2, 0.25) is 0 Å². The summed E-state index contributed by atoms with van der Waals surface area (Å²) in [5.41, 5.74) is 0.581. The minimum absolute atomic E-state index is 0.234. The number of thiophene rings is 1. The molecule has 0 aromatic carbocycles. The summed E-state index contributed by atoms with van der Waals surface area (Å²) in [6.45, 7) is 4.88. The maximum Gasteiger partial charge on any atom is 0.330 e. The summed E-state index contributed by atoms with van der Waals surface area (Å²) in [4.78, 5) is 40.3. The van der Waals surface area contributed by atoms with Crippen LogP contribution in [0.4, 0.5) is 0 Å². The van der Waals surface area contributed by atoms with Crippen LogP contribution in [0.5, 0.6) is 0 Å². The SMILES string of the molecule is CC(=O)N1[C@@H](C(=O)OCC(=O)c2cc(C)sc2C)CS[C@@H]1c1ccco1. The van der Waals surface area contributed by atoms with Crippen LogP contribution in [0.25, 0.3) is 0 Å². The highest BCUT2D eigenvalue weighted by Gasteiger charge is 2.43. The molecular formula is C18H19NO5S2. The van der Waals surface area contributed by atoms with Crippen molar-refractivity contribution < 1.29 is 23.5 Å². The number of furan rings is 1. The normalized spacial score (nSPS) is 19.6. The number of esters is 1. The smallest absolute Gasteiger partial charge is 0.330 e. The Bertz CT molecular complexity index is 827. The molecule has 6 nitrogen and oxygen atoms in total. The van der Waals surface area contributed by atoms with E-state index in [2.05, 4.69) is 0 Å². The Kier molecular flexibility index (Phi) is 5.52. The summed E-state index contributed by atoms with van der Waals surface area (Å²) >= 11 is 2.97. The van der Waals surface area contributed by atoms with Crippen LogP contribution >= 0.6 is 23.1 Å². The van der Waals surface area contributed by atoms with Crippen molar-refractivity contribution in [3.05, 3.63) is 45.5 Å². The summed E-state index contributed by atoms with van der Waals surface area (Å²) < 4.78 is 10.6. The first kappa shape index (κ1) is 18.7. The summed E-state index contributed by atoms with van der Waals surface area (Å²) in [5.74, 6) is -0.0355. The molecule has 3 rings (SSSR count). The molecule has 0 radical (unpaired) electrons. The van der Waals surface area contributed by atoms with Crippen molar-refractivity contribution in [1.82, 2.24) is 4.90 Å². The first-order valence-corrected chi connectivity index (χ1v) is 9.95. The van der Waals surface area contributed by atoms with Gasteiger partial charge in [-0.25, -0.2) is 4.79 Å². The number of ketones is 1. The standard InChI is InChI=1S/C18H19NO5S2/c1-10-7-13(11(2)26-10)15(21)8-24-18(22)14-9-25-17(19(14)12(3)20)16-5-4-6-23-16/h4-7,14,17H,8-9H2,1-3H3/t14-,17-/m1/s1. The summed E-state index contributed by atoms with van der Waals surface area (Å²) in [5, 5.41) is -0.363. The van der Waals surface area contributed by atoms with E-state index in [1.54, 1.807) is 18.2 Å². The maximum absolute atomic E-state index is 12.5. The van der Waals surface area contributed by atoms with Crippen LogP contribution in [-0.4, -0.2) is 41.0 Å². The fourth-order valence-corrected chi connectivity index (χ4v) is 5.30.